The van der Waals surface area contributed by atoms with Crippen LogP contribution < -0.4 is 11.1 Å². The average Bonchev–Trinajstić information content (AvgIpc) is 2.95. The first kappa shape index (κ1) is 17.8. The Labute approximate surface area is 150 Å². The minimum Gasteiger partial charge on any atom is -0.366 e. The second kappa shape index (κ2) is 7.07. The molecule has 0 saturated heterocycles. The highest BCUT2D eigenvalue weighted by Crippen LogP contribution is 2.17. The summed E-state index contributed by atoms with van der Waals surface area (Å²) in [7, 11) is 0. The van der Waals surface area contributed by atoms with Gasteiger partial charge >= 0.3 is 0 Å². The summed E-state index contributed by atoms with van der Waals surface area (Å²) < 4.78 is 14.6. The normalized spacial score (nSPS) is 12.3. The lowest BCUT2D eigenvalue weighted by atomic mass is 10.1. The van der Waals surface area contributed by atoms with Crippen molar-refractivity contribution in [2.24, 2.45) is 0 Å². The summed E-state index contributed by atoms with van der Waals surface area (Å²) >= 11 is 0. The second-order valence-corrected chi connectivity index (χ2v) is 6.28. The van der Waals surface area contributed by atoms with Crippen LogP contribution in [0.25, 0.3) is 5.78 Å². The summed E-state index contributed by atoms with van der Waals surface area (Å²) in [5, 5.41) is 7.06. The largest absolute Gasteiger partial charge is 0.366 e. The van der Waals surface area contributed by atoms with Gasteiger partial charge in [-0.25, -0.2) is 9.37 Å². The van der Waals surface area contributed by atoms with Gasteiger partial charge in [-0.1, -0.05) is 12.1 Å². The molecule has 136 valence electrons. The van der Waals surface area contributed by atoms with E-state index in [-0.39, 0.29) is 23.7 Å². The molecule has 0 unspecified atom stereocenters. The van der Waals surface area contributed by atoms with Crippen LogP contribution in [0.2, 0.25) is 0 Å². The minimum atomic E-state index is -0.296. The Bertz CT molecular complexity index is 950. The number of nitrogen functional groups attached to an aromatic ring is 1. The zero-order chi connectivity index (χ0) is 18.8. The Morgan fingerprint density at radius 1 is 1.27 bits per heavy atom. The summed E-state index contributed by atoms with van der Waals surface area (Å²) in [5.74, 6) is 0.243. The van der Waals surface area contributed by atoms with Crippen molar-refractivity contribution < 1.29 is 9.18 Å². The van der Waals surface area contributed by atoms with E-state index in [1.165, 1.54) is 12.1 Å². The molecule has 0 aliphatic carbocycles. The van der Waals surface area contributed by atoms with Crippen LogP contribution in [0, 0.1) is 19.7 Å². The van der Waals surface area contributed by atoms with E-state index in [9.17, 15) is 9.18 Å². The van der Waals surface area contributed by atoms with Crippen molar-refractivity contribution in [2.45, 2.75) is 39.7 Å². The molecule has 1 aromatic carbocycles. The van der Waals surface area contributed by atoms with E-state index in [4.69, 9.17) is 5.73 Å². The van der Waals surface area contributed by atoms with Crippen molar-refractivity contribution in [2.75, 3.05) is 5.73 Å². The summed E-state index contributed by atoms with van der Waals surface area (Å²) in [6, 6.07) is 5.91. The van der Waals surface area contributed by atoms with Gasteiger partial charge in [-0.2, -0.15) is 9.50 Å². The number of aryl methyl sites for hydroxylation is 2. The van der Waals surface area contributed by atoms with Crippen LogP contribution in [-0.4, -0.2) is 25.5 Å². The summed E-state index contributed by atoms with van der Waals surface area (Å²) in [6.07, 6.45) is 0.840. The lowest BCUT2D eigenvalue weighted by molar-refractivity contribution is -0.121. The van der Waals surface area contributed by atoms with Crippen LogP contribution in [0.3, 0.4) is 0 Å². The highest BCUT2D eigenvalue weighted by atomic mass is 19.1. The lowest BCUT2D eigenvalue weighted by Gasteiger charge is -2.15. The van der Waals surface area contributed by atoms with Gasteiger partial charge in [-0.15, -0.1) is 5.10 Å². The molecule has 0 bridgehead atoms. The van der Waals surface area contributed by atoms with E-state index >= 15 is 0 Å². The highest BCUT2D eigenvalue weighted by molar-refractivity contribution is 5.76. The quantitative estimate of drug-likeness (QED) is 0.731. The Balaban J connectivity index is 1.67. The fourth-order valence-electron chi connectivity index (χ4n) is 2.97. The van der Waals surface area contributed by atoms with Gasteiger partial charge in [0.25, 0.3) is 5.78 Å². The predicted molar refractivity (Wildman–Crippen MR) is 95.9 cm³/mol. The Morgan fingerprint density at radius 2 is 1.96 bits per heavy atom. The Kier molecular flexibility index (Phi) is 4.83. The maximum absolute atomic E-state index is 13.0. The topological polar surface area (TPSA) is 98.2 Å². The number of anilines is 1. The van der Waals surface area contributed by atoms with Crippen LogP contribution in [0.15, 0.2) is 24.3 Å². The van der Waals surface area contributed by atoms with E-state index in [2.05, 4.69) is 20.4 Å². The van der Waals surface area contributed by atoms with Gasteiger partial charge in [0.05, 0.1) is 6.04 Å². The van der Waals surface area contributed by atoms with Crippen molar-refractivity contribution in [3.05, 3.63) is 52.6 Å². The third-order valence-electron chi connectivity index (χ3n) is 4.41. The number of rotatable bonds is 5. The molecule has 2 heterocycles. The Hall–Kier alpha value is -3.03. The number of hydrogen-bond donors (Lipinski definition) is 2. The van der Waals surface area contributed by atoms with Gasteiger partial charge in [0.1, 0.15) is 5.82 Å². The zero-order valence-corrected chi connectivity index (χ0v) is 15.0. The molecule has 26 heavy (non-hydrogen) atoms. The smallest absolute Gasteiger partial charge is 0.254 e. The fraction of sp³-hybridized carbons (Fsp3) is 0.333. The third-order valence-corrected chi connectivity index (χ3v) is 4.41. The van der Waals surface area contributed by atoms with Crippen molar-refractivity contribution in [1.29, 1.82) is 0 Å². The minimum absolute atomic E-state index is 0.0844. The van der Waals surface area contributed by atoms with Crippen LogP contribution in [0.4, 0.5) is 10.3 Å². The van der Waals surface area contributed by atoms with Gasteiger partial charge in [0, 0.05) is 17.8 Å². The number of nitrogens with one attached hydrogen (secondary N) is 1. The van der Waals surface area contributed by atoms with E-state index in [1.54, 1.807) is 16.6 Å². The van der Waals surface area contributed by atoms with Crippen LogP contribution in [0.5, 0.6) is 0 Å². The number of aromatic nitrogens is 4. The number of carbonyl (C=O) groups excluding carboxylic acids is 1. The molecule has 8 heteroatoms. The van der Waals surface area contributed by atoms with Gasteiger partial charge in [0.15, 0.2) is 0 Å². The molecule has 3 aromatic rings. The van der Waals surface area contributed by atoms with Crippen molar-refractivity contribution >= 4 is 17.6 Å². The maximum Gasteiger partial charge on any atom is 0.254 e. The number of nitrogens with two attached hydrogens (primary N) is 1. The van der Waals surface area contributed by atoms with Gasteiger partial charge in [-0.3, -0.25) is 4.79 Å². The van der Waals surface area contributed by atoms with Gasteiger partial charge in [0.2, 0.25) is 11.9 Å². The summed E-state index contributed by atoms with van der Waals surface area (Å²) in [5.41, 5.74) is 9.11. The number of benzene rings is 1. The first-order chi connectivity index (χ1) is 12.3. The molecule has 0 radical (unpaired) electrons. The fourth-order valence-corrected chi connectivity index (χ4v) is 2.97. The standard InChI is InChI=1S/C18H21FN6O/c1-10(13-4-6-14(19)7-5-13)21-16(26)9-8-15-11(2)22-18-23-17(20)24-25(18)12(15)3/h4-7,10H,8-9H2,1-3H3,(H2,20,24)(H,21,26)/t10-/m1/s1. The number of carbonyl (C=O) groups is 1. The number of nitrogens with zero attached hydrogens (tertiary/aromatic N) is 4. The molecular formula is C18H21FN6O. The van der Waals surface area contributed by atoms with E-state index in [0.717, 1.165) is 22.5 Å². The predicted octanol–water partition coefficient (Wildman–Crippen LogP) is 2.27. The van der Waals surface area contributed by atoms with E-state index in [0.29, 0.717) is 18.6 Å². The monoisotopic (exact) mass is 356 g/mol. The van der Waals surface area contributed by atoms with E-state index in [1.807, 2.05) is 20.8 Å². The number of hydrogen-bond acceptors (Lipinski definition) is 5. The lowest BCUT2D eigenvalue weighted by Crippen LogP contribution is -2.27. The molecule has 2 aromatic heterocycles. The summed E-state index contributed by atoms with van der Waals surface area (Å²) in [6.45, 7) is 5.66. The molecule has 3 N–H and O–H groups in total. The number of fused-ring (bicyclic) bond motifs is 1. The van der Waals surface area contributed by atoms with Crippen molar-refractivity contribution in [3.8, 4) is 0 Å². The first-order valence-corrected chi connectivity index (χ1v) is 8.38. The zero-order valence-electron chi connectivity index (χ0n) is 15.0. The molecule has 7 nitrogen and oxygen atoms in total. The molecule has 3 rings (SSSR count). The van der Waals surface area contributed by atoms with Crippen LogP contribution in [-0.2, 0) is 11.2 Å². The second-order valence-electron chi connectivity index (χ2n) is 6.28. The number of amides is 1. The first-order valence-electron chi connectivity index (χ1n) is 8.38. The molecule has 0 fully saturated rings. The molecule has 0 spiro atoms. The summed E-state index contributed by atoms with van der Waals surface area (Å²) in [4.78, 5) is 20.8. The van der Waals surface area contributed by atoms with Crippen LogP contribution in [0.1, 0.15) is 41.9 Å². The number of halogens is 1. The molecular weight excluding hydrogens is 335 g/mol. The van der Waals surface area contributed by atoms with Gasteiger partial charge < -0.3 is 11.1 Å². The Morgan fingerprint density at radius 3 is 2.65 bits per heavy atom. The van der Waals surface area contributed by atoms with Crippen molar-refractivity contribution in [1.82, 2.24) is 24.9 Å². The molecule has 1 amide bonds. The SMILES string of the molecule is Cc1nc2nc(N)nn2c(C)c1CCC(=O)N[C@H](C)c1ccc(F)cc1. The van der Waals surface area contributed by atoms with E-state index < -0.39 is 0 Å². The average molecular weight is 356 g/mol. The molecule has 0 saturated carbocycles. The van der Waals surface area contributed by atoms with Crippen molar-refractivity contribution in [3.63, 3.8) is 0 Å². The third kappa shape index (κ3) is 3.63. The highest BCUT2D eigenvalue weighted by Gasteiger charge is 2.15. The van der Waals surface area contributed by atoms with Gasteiger partial charge in [-0.05, 0) is 50.5 Å². The molecule has 0 aliphatic rings. The maximum atomic E-state index is 13.0. The molecule has 0 aliphatic heterocycles. The van der Waals surface area contributed by atoms with Crippen LogP contribution >= 0.6 is 0 Å². The molecule has 1 atom stereocenters.